The van der Waals surface area contributed by atoms with Crippen molar-refractivity contribution in [3.8, 4) is 0 Å². The van der Waals surface area contributed by atoms with Gasteiger partial charge in [0.25, 0.3) is 0 Å². The molecule has 0 aromatic heterocycles. The molecule has 0 radical (unpaired) electrons. The van der Waals surface area contributed by atoms with Gasteiger partial charge in [-0.15, -0.1) is 0 Å². The van der Waals surface area contributed by atoms with Crippen LogP contribution in [0.2, 0.25) is 0 Å². The zero-order chi connectivity index (χ0) is 16.1. The summed E-state index contributed by atoms with van der Waals surface area (Å²) < 4.78 is 0. The van der Waals surface area contributed by atoms with Crippen molar-refractivity contribution in [1.82, 2.24) is 15.5 Å². The van der Waals surface area contributed by atoms with E-state index in [0.717, 1.165) is 31.9 Å². The van der Waals surface area contributed by atoms with Crippen LogP contribution in [0.15, 0.2) is 29.3 Å². The Morgan fingerprint density at radius 1 is 1.30 bits per heavy atom. The summed E-state index contributed by atoms with van der Waals surface area (Å²) in [5.74, 6) is 0.882. The molecular weight excluding hydrogens is 288 g/mol. The van der Waals surface area contributed by atoms with E-state index >= 15 is 0 Å². The molecular formula is C18H26N4O. The number of guanidine groups is 1. The van der Waals surface area contributed by atoms with E-state index in [0.29, 0.717) is 12.6 Å². The van der Waals surface area contributed by atoms with Crippen LogP contribution in [0, 0.1) is 0 Å². The predicted octanol–water partition coefficient (Wildman–Crippen LogP) is 1.68. The lowest BCUT2D eigenvalue weighted by atomic mass is 10.00. The third-order valence-corrected chi connectivity index (χ3v) is 4.32. The number of nitrogens with zero attached hydrogens (tertiary/aromatic N) is 2. The molecule has 1 aromatic rings. The first kappa shape index (κ1) is 15.8. The number of amides is 1. The third-order valence-electron chi connectivity index (χ3n) is 4.32. The van der Waals surface area contributed by atoms with E-state index in [1.54, 1.807) is 0 Å². The van der Waals surface area contributed by atoms with Crippen LogP contribution in [-0.4, -0.2) is 42.4 Å². The second-order valence-corrected chi connectivity index (χ2v) is 6.34. The molecule has 1 heterocycles. The molecule has 0 spiro atoms. The standard InChI is InChI=1S/C18H26N4O/c1-2-10-19-18(21-16-7-8-16)20-12-17(23)22-11-9-14-5-3-4-6-15(14)13-22/h3-6,16H,2,7-13H2,1H3,(H2,19,20,21). The predicted molar refractivity (Wildman–Crippen MR) is 92.3 cm³/mol. The van der Waals surface area contributed by atoms with Gasteiger partial charge in [0, 0.05) is 25.7 Å². The molecule has 2 aliphatic rings. The number of hydrogen-bond acceptors (Lipinski definition) is 2. The number of fused-ring (bicyclic) bond motifs is 1. The van der Waals surface area contributed by atoms with Gasteiger partial charge in [0.05, 0.1) is 0 Å². The van der Waals surface area contributed by atoms with E-state index in [2.05, 4.69) is 40.7 Å². The van der Waals surface area contributed by atoms with Crippen molar-refractivity contribution in [2.75, 3.05) is 19.6 Å². The van der Waals surface area contributed by atoms with Crippen molar-refractivity contribution >= 4 is 11.9 Å². The van der Waals surface area contributed by atoms with Crippen LogP contribution in [0.3, 0.4) is 0 Å². The first-order chi connectivity index (χ1) is 11.3. The highest BCUT2D eigenvalue weighted by Gasteiger charge is 2.23. The fourth-order valence-electron chi connectivity index (χ4n) is 2.77. The third kappa shape index (κ3) is 4.47. The van der Waals surface area contributed by atoms with Crippen molar-refractivity contribution in [2.45, 2.75) is 45.2 Å². The minimum atomic E-state index is 0.105. The topological polar surface area (TPSA) is 56.7 Å². The normalized spacial score (nSPS) is 17.6. The Bertz CT molecular complexity index is 580. The van der Waals surface area contributed by atoms with Gasteiger partial charge in [-0.25, -0.2) is 4.99 Å². The lowest BCUT2D eigenvalue weighted by Gasteiger charge is -2.28. The van der Waals surface area contributed by atoms with Gasteiger partial charge in [0.1, 0.15) is 6.54 Å². The first-order valence-electron chi connectivity index (χ1n) is 8.65. The quantitative estimate of drug-likeness (QED) is 0.642. The van der Waals surface area contributed by atoms with Crippen LogP contribution in [0.5, 0.6) is 0 Å². The van der Waals surface area contributed by atoms with Crippen molar-refractivity contribution in [1.29, 1.82) is 0 Å². The van der Waals surface area contributed by atoms with E-state index in [1.165, 1.54) is 24.0 Å². The fraction of sp³-hybridized carbons (Fsp3) is 0.556. The molecule has 0 bridgehead atoms. The van der Waals surface area contributed by atoms with Gasteiger partial charge in [0.15, 0.2) is 5.96 Å². The van der Waals surface area contributed by atoms with Crippen LogP contribution >= 0.6 is 0 Å². The van der Waals surface area contributed by atoms with E-state index < -0.39 is 0 Å². The Morgan fingerprint density at radius 3 is 2.83 bits per heavy atom. The number of carbonyl (C=O) groups excluding carboxylic acids is 1. The van der Waals surface area contributed by atoms with Crippen molar-refractivity contribution < 1.29 is 4.79 Å². The highest BCUT2D eigenvalue weighted by molar-refractivity contribution is 5.85. The monoisotopic (exact) mass is 314 g/mol. The molecule has 23 heavy (non-hydrogen) atoms. The largest absolute Gasteiger partial charge is 0.356 e. The summed E-state index contributed by atoms with van der Waals surface area (Å²) in [6.45, 7) is 4.72. The highest BCUT2D eigenvalue weighted by atomic mass is 16.2. The second kappa shape index (κ2) is 7.49. The van der Waals surface area contributed by atoms with Gasteiger partial charge in [0.2, 0.25) is 5.91 Å². The average molecular weight is 314 g/mol. The summed E-state index contributed by atoms with van der Waals surface area (Å²) in [5, 5.41) is 6.65. The van der Waals surface area contributed by atoms with Gasteiger partial charge in [-0.1, -0.05) is 31.2 Å². The highest BCUT2D eigenvalue weighted by Crippen LogP contribution is 2.19. The van der Waals surface area contributed by atoms with Crippen LogP contribution in [0.4, 0.5) is 0 Å². The molecule has 2 N–H and O–H groups in total. The molecule has 5 nitrogen and oxygen atoms in total. The van der Waals surface area contributed by atoms with Crippen molar-refractivity contribution in [3.63, 3.8) is 0 Å². The minimum absolute atomic E-state index is 0.105. The van der Waals surface area contributed by atoms with Gasteiger partial charge < -0.3 is 15.5 Å². The zero-order valence-corrected chi connectivity index (χ0v) is 13.8. The van der Waals surface area contributed by atoms with E-state index in [-0.39, 0.29) is 12.5 Å². The molecule has 124 valence electrons. The molecule has 1 fully saturated rings. The molecule has 0 atom stereocenters. The molecule has 0 unspecified atom stereocenters. The van der Waals surface area contributed by atoms with Crippen LogP contribution in [0.25, 0.3) is 0 Å². The van der Waals surface area contributed by atoms with Gasteiger partial charge >= 0.3 is 0 Å². The van der Waals surface area contributed by atoms with Gasteiger partial charge in [-0.05, 0) is 36.8 Å². The summed E-state index contributed by atoms with van der Waals surface area (Å²) in [6.07, 6.45) is 4.38. The Morgan fingerprint density at radius 2 is 2.09 bits per heavy atom. The Hall–Kier alpha value is -2.04. The Labute approximate surface area is 138 Å². The van der Waals surface area contributed by atoms with E-state index in [4.69, 9.17) is 0 Å². The summed E-state index contributed by atoms with van der Waals surface area (Å²) in [4.78, 5) is 18.8. The van der Waals surface area contributed by atoms with Gasteiger partial charge in [-0.3, -0.25) is 4.79 Å². The summed E-state index contributed by atoms with van der Waals surface area (Å²) in [7, 11) is 0. The Kier molecular flexibility index (Phi) is 5.16. The molecule has 3 rings (SSSR count). The molecule has 5 heteroatoms. The second-order valence-electron chi connectivity index (χ2n) is 6.34. The van der Waals surface area contributed by atoms with Crippen molar-refractivity contribution in [2.24, 2.45) is 4.99 Å². The maximum Gasteiger partial charge on any atom is 0.244 e. The number of nitrogens with one attached hydrogen (secondary N) is 2. The smallest absolute Gasteiger partial charge is 0.244 e. The Balaban J connectivity index is 1.56. The molecule has 1 amide bonds. The molecule has 1 saturated carbocycles. The maximum absolute atomic E-state index is 12.5. The zero-order valence-electron chi connectivity index (χ0n) is 13.8. The van der Waals surface area contributed by atoms with Crippen LogP contribution < -0.4 is 10.6 Å². The number of carbonyl (C=O) groups is 1. The number of rotatable bonds is 5. The number of hydrogen-bond donors (Lipinski definition) is 2. The van der Waals surface area contributed by atoms with E-state index in [9.17, 15) is 4.79 Å². The average Bonchev–Trinajstić information content (AvgIpc) is 3.40. The minimum Gasteiger partial charge on any atom is -0.356 e. The number of aliphatic imine (C=N–C) groups is 1. The molecule has 1 aliphatic carbocycles. The summed E-state index contributed by atoms with van der Waals surface area (Å²) in [6, 6.07) is 8.91. The van der Waals surface area contributed by atoms with Crippen molar-refractivity contribution in [3.05, 3.63) is 35.4 Å². The summed E-state index contributed by atoms with van der Waals surface area (Å²) >= 11 is 0. The molecule has 0 saturated heterocycles. The van der Waals surface area contributed by atoms with E-state index in [1.807, 2.05) is 11.0 Å². The van der Waals surface area contributed by atoms with Gasteiger partial charge in [-0.2, -0.15) is 0 Å². The molecule has 1 aliphatic heterocycles. The first-order valence-corrected chi connectivity index (χ1v) is 8.65. The summed E-state index contributed by atoms with van der Waals surface area (Å²) in [5.41, 5.74) is 2.62. The van der Waals surface area contributed by atoms with Crippen LogP contribution in [-0.2, 0) is 17.8 Å². The fourth-order valence-corrected chi connectivity index (χ4v) is 2.77. The SMILES string of the molecule is CCCNC(=NCC(=O)N1CCc2ccccc2C1)NC1CC1. The lowest BCUT2D eigenvalue weighted by Crippen LogP contribution is -2.41. The maximum atomic E-state index is 12.5. The lowest BCUT2D eigenvalue weighted by molar-refractivity contribution is -0.130. The molecule has 1 aromatic carbocycles. The van der Waals surface area contributed by atoms with Crippen LogP contribution in [0.1, 0.15) is 37.3 Å². The number of benzene rings is 1.